The second-order valence-corrected chi connectivity index (χ2v) is 22.5. The molecule has 0 N–H and O–H groups in total. The molecule has 0 radical (unpaired) electrons. The number of ether oxygens (including phenoxy) is 5. The molecule has 3 aromatic rings. The van der Waals surface area contributed by atoms with Crippen molar-refractivity contribution in [2.45, 2.75) is 157 Å². The number of rotatable bonds is 27. The van der Waals surface area contributed by atoms with Gasteiger partial charge in [-0.15, -0.1) is 0 Å². The molecule has 0 unspecified atom stereocenters. The summed E-state index contributed by atoms with van der Waals surface area (Å²) < 4.78 is 38.8. The van der Waals surface area contributed by atoms with Crippen LogP contribution in [0.5, 0.6) is 0 Å². The first-order chi connectivity index (χ1) is 27.6. The molecule has 0 bridgehead atoms. The van der Waals surface area contributed by atoms with Crippen LogP contribution in [0.4, 0.5) is 0 Å². The molecule has 0 saturated carbocycles. The summed E-state index contributed by atoms with van der Waals surface area (Å²) in [5, 5.41) is 2.51. The molecule has 0 saturated heterocycles. The van der Waals surface area contributed by atoms with Gasteiger partial charge in [0.25, 0.3) is 8.32 Å². The highest BCUT2D eigenvalue weighted by Gasteiger charge is 2.50. The SMILES string of the molecule is CO[C@@H](CO[Si](c1ccccc1)(c1ccccc1)C(C)(C)C)C[C@H](C)C/C=C(\C)[C@H](CC[C@@H](C)[C@@H](OC(C)C)[C@H](C)[C@@H](CCOCc1ccccc1)OC(C)C)OC. The van der Waals surface area contributed by atoms with Crippen LogP contribution in [-0.4, -0.2) is 72.4 Å². The molecule has 0 aliphatic rings. The van der Waals surface area contributed by atoms with Gasteiger partial charge in [-0.2, -0.15) is 0 Å². The number of allylic oxidation sites excluding steroid dienone is 1. The number of methoxy groups -OCH3 is 2. The van der Waals surface area contributed by atoms with Gasteiger partial charge < -0.3 is 28.1 Å². The Kier molecular flexibility index (Phi) is 21.6. The summed E-state index contributed by atoms with van der Waals surface area (Å²) in [6.07, 6.45) is 7.37. The predicted octanol–water partition coefficient (Wildman–Crippen LogP) is 11.2. The molecule has 0 aliphatic carbocycles. The maximum Gasteiger partial charge on any atom is 0.261 e. The van der Waals surface area contributed by atoms with E-state index in [9.17, 15) is 0 Å². The molecule has 7 atom stereocenters. The van der Waals surface area contributed by atoms with Crippen molar-refractivity contribution < 1.29 is 28.1 Å². The topological polar surface area (TPSA) is 55.4 Å². The van der Waals surface area contributed by atoms with Gasteiger partial charge in [0.1, 0.15) is 0 Å². The predicted molar refractivity (Wildman–Crippen MR) is 246 cm³/mol. The lowest BCUT2D eigenvalue weighted by Crippen LogP contribution is -2.67. The van der Waals surface area contributed by atoms with Gasteiger partial charge in [-0.1, -0.05) is 139 Å². The Morgan fingerprint density at radius 3 is 1.74 bits per heavy atom. The molecule has 3 aromatic carbocycles. The van der Waals surface area contributed by atoms with Crippen LogP contribution in [0.2, 0.25) is 5.04 Å². The van der Waals surface area contributed by atoms with Crippen molar-refractivity contribution >= 4 is 18.7 Å². The first-order valence-corrected chi connectivity index (χ1v) is 23.9. The molecule has 3 rings (SSSR count). The Labute approximate surface area is 355 Å². The minimum atomic E-state index is -2.64. The van der Waals surface area contributed by atoms with Crippen molar-refractivity contribution in [2.75, 3.05) is 27.4 Å². The fourth-order valence-electron chi connectivity index (χ4n) is 8.46. The van der Waals surface area contributed by atoms with Gasteiger partial charge in [0.2, 0.25) is 0 Å². The van der Waals surface area contributed by atoms with E-state index in [-0.39, 0.29) is 47.6 Å². The van der Waals surface area contributed by atoms with E-state index in [1.807, 2.05) is 20.3 Å². The van der Waals surface area contributed by atoms with Crippen molar-refractivity contribution in [3.8, 4) is 0 Å². The second kappa shape index (κ2) is 25.2. The van der Waals surface area contributed by atoms with E-state index in [0.29, 0.717) is 31.7 Å². The van der Waals surface area contributed by atoms with E-state index in [1.54, 1.807) is 0 Å². The smallest absolute Gasteiger partial charge is 0.261 e. The van der Waals surface area contributed by atoms with Gasteiger partial charge in [-0.25, -0.2) is 0 Å². The van der Waals surface area contributed by atoms with Gasteiger partial charge >= 0.3 is 0 Å². The third kappa shape index (κ3) is 15.4. The van der Waals surface area contributed by atoms with E-state index in [1.165, 1.54) is 21.5 Å². The van der Waals surface area contributed by atoms with E-state index in [2.05, 4.69) is 167 Å². The molecule has 58 heavy (non-hydrogen) atoms. The monoisotopic (exact) mass is 817 g/mol. The van der Waals surface area contributed by atoms with Crippen LogP contribution in [-0.2, 0) is 34.7 Å². The molecular weight excluding hydrogens is 737 g/mol. The fraction of sp³-hybridized carbons (Fsp3) is 0.608. The van der Waals surface area contributed by atoms with Crippen LogP contribution in [0.1, 0.15) is 114 Å². The van der Waals surface area contributed by atoms with Gasteiger partial charge in [0.15, 0.2) is 0 Å². The van der Waals surface area contributed by atoms with E-state index in [0.717, 1.165) is 32.1 Å². The average molecular weight is 817 g/mol. The minimum Gasteiger partial charge on any atom is -0.405 e. The molecular formula is C51H80O6Si. The maximum atomic E-state index is 7.24. The van der Waals surface area contributed by atoms with Crippen LogP contribution in [0, 0.1) is 17.8 Å². The lowest BCUT2D eigenvalue weighted by Gasteiger charge is -2.43. The Morgan fingerprint density at radius 2 is 1.24 bits per heavy atom. The van der Waals surface area contributed by atoms with Crippen LogP contribution >= 0.6 is 0 Å². The second-order valence-electron chi connectivity index (χ2n) is 18.2. The van der Waals surface area contributed by atoms with Crippen LogP contribution in [0.25, 0.3) is 0 Å². The molecule has 324 valence electrons. The van der Waals surface area contributed by atoms with Gasteiger partial charge in [0, 0.05) is 26.7 Å². The first kappa shape index (κ1) is 49.7. The molecule has 0 aliphatic heterocycles. The highest BCUT2D eigenvalue weighted by molar-refractivity contribution is 6.99. The average Bonchev–Trinajstić information content (AvgIpc) is 3.20. The highest BCUT2D eigenvalue weighted by Crippen LogP contribution is 2.37. The van der Waals surface area contributed by atoms with Crippen molar-refractivity contribution in [1.82, 2.24) is 0 Å². The van der Waals surface area contributed by atoms with E-state index >= 15 is 0 Å². The third-order valence-corrected chi connectivity index (χ3v) is 16.6. The normalized spacial score (nSPS) is 16.6. The minimum absolute atomic E-state index is 0.0109. The zero-order valence-corrected chi connectivity index (χ0v) is 39.5. The lowest BCUT2D eigenvalue weighted by atomic mass is 9.84. The molecule has 0 fully saturated rings. The number of hydrogen-bond acceptors (Lipinski definition) is 6. The summed E-state index contributed by atoms with van der Waals surface area (Å²) in [6, 6.07) is 32.1. The summed E-state index contributed by atoms with van der Waals surface area (Å²) in [7, 11) is 1.02. The largest absolute Gasteiger partial charge is 0.405 e. The molecule has 0 amide bonds. The Balaban J connectivity index is 1.62. The number of benzene rings is 3. The van der Waals surface area contributed by atoms with Crippen molar-refractivity contribution in [3.05, 3.63) is 108 Å². The molecule has 0 heterocycles. The van der Waals surface area contributed by atoms with E-state index in [4.69, 9.17) is 28.1 Å². The van der Waals surface area contributed by atoms with Crippen LogP contribution in [0.15, 0.2) is 103 Å². The molecule has 0 aromatic heterocycles. The zero-order valence-electron chi connectivity index (χ0n) is 38.5. The Morgan fingerprint density at radius 1 is 0.690 bits per heavy atom. The quantitative estimate of drug-likeness (QED) is 0.0434. The van der Waals surface area contributed by atoms with Gasteiger partial charge in [-0.05, 0) is 105 Å². The summed E-state index contributed by atoms with van der Waals surface area (Å²) in [5.41, 5.74) is 2.47. The maximum absolute atomic E-state index is 7.24. The lowest BCUT2D eigenvalue weighted by molar-refractivity contribution is -0.118. The Bertz CT molecular complexity index is 1500. The summed E-state index contributed by atoms with van der Waals surface area (Å²) >= 11 is 0. The first-order valence-electron chi connectivity index (χ1n) is 22.0. The summed E-state index contributed by atoms with van der Waals surface area (Å²) in [5.74, 6) is 0.939. The third-order valence-electron chi connectivity index (χ3n) is 11.6. The number of hydrogen-bond donors (Lipinski definition) is 0. The van der Waals surface area contributed by atoms with Crippen molar-refractivity contribution in [2.24, 2.45) is 17.8 Å². The van der Waals surface area contributed by atoms with Gasteiger partial charge in [-0.3, -0.25) is 0 Å². The van der Waals surface area contributed by atoms with E-state index < -0.39 is 8.32 Å². The zero-order chi connectivity index (χ0) is 42.7. The molecule has 6 nitrogen and oxygen atoms in total. The summed E-state index contributed by atoms with van der Waals surface area (Å²) in [6.45, 7) is 26.4. The van der Waals surface area contributed by atoms with Crippen LogP contribution in [0.3, 0.4) is 0 Å². The Hall–Kier alpha value is -2.62. The van der Waals surface area contributed by atoms with Crippen LogP contribution < -0.4 is 10.4 Å². The summed E-state index contributed by atoms with van der Waals surface area (Å²) in [4.78, 5) is 0. The van der Waals surface area contributed by atoms with Crippen molar-refractivity contribution in [3.63, 3.8) is 0 Å². The fourth-order valence-corrected chi connectivity index (χ4v) is 13.0. The standard InChI is InChI=1S/C51H80O6Si/c1-38(2)56-49(33-34-54-36-44-23-17-14-18-24-44)43(8)50(57-39(3)4)42(7)31-32-48(53-13)41(6)30-29-40(5)35-45(52-12)37-55-58(51(9,10)11,46-25-19-15-20-26-46)47-27-21-16-22-28-47/h14-28,30,38-40,42-43,45,48-50H,29,31-37H2,1-13H3/b41-30+/t40-,42-,43-,45-,48+,49-,50-/m1/s1. The molecule has 7 heteroatoms. The van der Waals surface area contributed by atoms with Crippen molar-refractivity contribution in [1.29, 1.82) is 0 Å². The highest BCUT2D eigenvalue weighted by atomic mass is 28.4. The van der Waals surface area contributed by atoms with Gasteiger partial charge in [0.05, 0.1) is 49.8 Å². The molecule has 0 spiro atoms.